The average Bonchev–Trinajstić information content (AvgIpc) is 3.12. The minimum absolute atomic E-state index is 0.125. The summed E-state index contributed by atoms with van der Waals surface area (Å²) in [5, 5.41) is 9.01. The van der Waals surface area contributed by atoms with Gasteiger partial charge in [0.05, 0.1) is 11.7 Å². The van der Waals surface area contributed by atoms with Crippen molar-refractivity contribution in [1.29, 1.82) is 5.26 Å². The second-order valence-electron chi connectivity index (χ2n) is 4.16. The van der Waals surface area contributed by atoms with Crippen molar-refractivity contribution in [2.24, 2.45) is 0 Å². The van der Waals surface area contributed by atoms with Crippen molar-refractivity contribution >= 4 is 5.91 Å². The van der Waals surface area contributed by atoms with Gasteiger partial charge in [0.15, 0.2) is 11.4 Å². The van der Waals surface area contributed by atoms with E-state index in [2.05, 4.69) is 4.98 Å². The van der Waals surface area contributed by atoms with Gasteiger partial charge >= 0.3 is 0 Å². The highest BCUT2D eigenvalue weighted by Crippen LogP contribution is 2.31. The maximum absolute atomic E-state index is 11.9. The van der Waals surface area contributed by atoms with E-state index < -0.39 is 0 Å². The highest BCUT2D eigenvalue weighted by Gasteiger charge is 2.28. The maximum atomic E-state index is 11.9. The molecular formula is C12H13N3O2. The van der Waals surface area contributed by atoms with Crippen molar-refractivity contribution in [1.82, 2.24) is 9.88 Å². The molecule has 0 N–H and O–H groups in total. The summed E-state index contributed by atoms with van der Waals surface area (Å²) in [5.41, 5.74) is 0.568. The minimum atomic E-state index is -0.252. The molecule has 1 aliphatic rings. The number of hydrogen-bond acceptors (Lipinski definition) is 4. The van der Waals surface area contributed by atoms with Gasteiger partial charge in [0.2, 0.25) is 0 Å². The third-order valence-corrected chi connectivity index (χ3v) is 2.44. The predicted molar refractivity (Wildman–Crippen MR) is 60.6 cm³/mol. The molecule has 1 aromatic rings. The van der Waals surface area contributed by atoms with Crippen LogP contribution < -0.4 is 4.74 Å². The Morgan fingerprint density at radius 3 is 2.82 bits per heavy atom. The molecule has 0 aromatic carbocycles. The zero-order valence-corrected chi connectivity index (χ0v) is 9.80. The molecule has 0 unspecified atom stereocenters. The Hall–Kier alpha value is -2.09. The van der Waals surface area contributed by atoms with E-state index in [1.165, 1.54) is 11.1 Å². The van der Waals surface area contributed by atoms with Crippen molar-refractivity contribution < 1.29 is 9.53 Å². The first kappa shape index (κ1) is 11.4. The van der Waals surface area contributed by atoms with Crippen LogP contribution in [0.25, 0.3) is 0 Å². The van der Waals surface area contributed by atoms with Crippen molar-refractivity contribution in [3.63, 3.8) is 0 Å². The summed E-state index contributed by atoms with van der Waals surface area (Å²) in [6, 6.07) is 3.59. The highest BCUT2D eigenvalue weighted by atomic mass is 16.5. The van der Waals surface area contributed by atoms with Gasteiger partial charge in [-0.05, 0) is 18.9 Å². The SMILES string of the molecule is CN(C)C(=O)c1nccc(C#N)c1OC1CC1. The molecular weight excluding hydrogens is 218 g/mol. The molecule has 0 spiro atoms. The largest absolute Gasteiger partial charge is 0.487 e. The molecule has 0 aliphatic heterocycles. The first-order valence-corrected chi connectivity index (χ1v) is 5.41. The van der Waals surface area contributed by atoms with Crippen LogP contribution in [0.4, 0.5) is 0 Å². The van der Waals surface area contributed by atoms with Crippen LogP contribution in [0.3, 0.4) is 0 Å². The van der Waals surface area contributed by atoms with E-state index in [1.807, 2.05) is 6.07 Å². The highest BCUT2D eigenvalue weighted by molar-refractivity contribution is 5.95. The molecule has 1 aromatic heterocycles. The fraction of sp³-hybridized carbons (Fsp3) is 0.417. The second kappa shape index (κ2) is 4.42. The van der Waals surface area contributed by atoms with Crippen LogP contribution in [-0.4, -0.2) is 36.0 Å². The quantitative estimate of drug-likeness (QED) is 0.783. The molecule has 1 heterocycles. The fourth-order valence-electron chi connectivity index (χ4n) is 1.37. The first-order chi connectivity index (χ1) is 8.13. The molecule has 1 saturated carbocycles. The Balaban J connectivity index is 2.42. The Bertz CT molecular complexity index is 487. The maximum Gasteiger partial charge on any atom is 0.275 e. The lowest BCUT2D eigenvalue weighted by atomic mass is 10.2. The molecule has 1 fully saturated rings. The third-order valence-electron chi connectivity index (χ3n) is 2.44. The van der Waals surface area contributed by atoms with E-state index in [0.29, 0.717) is 11.3 Å². The van der Waals surface area contributed by atoms with Gasteiger partial charge in [-0.25, -0.2) is 4.98 Å². The number of ether oxygens (including phenoxy) is 1. The molecule has 88 valence electrons. The lowest BCUT2D eigenvalue weighted by molar-refractivity contribution is 0.0816. The number of nitrogens with zero attached hydrogens (tertiary/aromatic N) is 3. The monoisotopic (exact) mass is 231 g/mol. The van der Waals surface area contributed by atoms with Gasteiger partial charge in [-0.1, -0.05) is 0 Å². The Morgan fingerprint density at radius 2 is 2.29 bits per heavy atom. The Kier molecular flexibility index (Phi) is 2.96. The number of pyridine rings is 1. The molecule has 1 amide bonds. The van der Waals surface area contributed by atoms with Gasteiger partial charge < -0.3 is 9.64 Å². The van der Waals surface area contributed by atoms with Crippen LogP contribution in [0, 0.1) is 11.3 Å². The average molecular weight is 231 g/mol. The van der Waals surface area contributed by atoms with Crippen LogP contribution in [0.15, 0.2) is 12.3 Å². The molecule has 0 saturated heterocycles. The van der Waals surface area contributed by atoms with Crippen molar-refractivity contribution in [2.75, 3.05) is 14.1 Å². The fourth-order valence-corrected chi connectivity index (χ4v) is 1.37. The summed E-state index contributed by atoms with van der Waals surface area (Å²) in [6.45, 7) is 0. The zero-order valence-electron chi connectivity index (χ0n) is 9.80. The van der Waals surface area contributed by atoms with Crippen LogP contribution in [0.2, 0.25) is 0 Å². The molecule has 5 heteroatoms. The van der Waals surface area contributed by atoms with Gasteiger partial charge in [-0.2, -0.15) is 5.26 Å². The topological polar surface area (TPSA) is 66.2 Å². The van der Waals surface area contributed by atoms with Crippen molar-refractivity contribution in [3.8, 4) is 11.8 Å². The molecule has 0 atom stereocenters. The number of amides is 1. The lowest BCUT2D eigenvalue weighted by Crippen LogP contribution is -2.24. The van der Waals surface area contributed by atoms with Gasteiger partial charge in [-0.3, -0.25) is 4.79 Å². The summed E-state index contributed by atoms with van der Waals surface area (Å²) >= 11 is 0. The van der Waals surface area contributed by atoms with E-state index in [-0.39, 0.29) is 17.7 Å². The van der Waals surface area contributed by atoms with Gasteiger partial charge in [0.25, 0.3) is 5.91 Å². The Morgan fingerprint density at radius 1 is 1.59 bits per heavy atom. The number of rotatable bonds is 3. The number of aromatic nitrogens is 1. The van der Waals surface area contributed by atoms with Gasteiger partial charge in [0.1, 0.15) is 6.07 Å². The van der Waals surface area contributed by atoms with E-state index in [1.54, 1.807) is 20.2 Å². The molecule has 1 aliphatic carbocycles. The van der Waals surface area contributed by atoms with E-state index in [9.17, 15) is 4.79 Å². The van der Waals surface area contributed by atoms with E-state index in [0.717, 1.165) is 12.8 Å². The molecule has 17 heavy (non-hydrogen) atoms. The molecule has 0 radical (unpaired) electrons. The third kappa shape index (κ3) is 2.36. The number of nitriles is 1. The molecule has 2 rings (SSSR count). The number of carbonyl (C=O) groups excluding carboxylic acids is 1. The van der Waals surface area contributed by atoms with Gasteiger partial charge in [0, 0.05) is 20.3 Å². The summed E-state index contributed by atoms with van der Waals surface area (Å²) in [7, 11) is 3.29. The van der Waals surface area contributed by atoms with Crippen LogP contribution in [0.1, 0.15) is 28.9 Å². The minimum Gasteiger partial charge on any atom is -0.487 e. The normalized spacial score (nSPS) is 13.9. The number of carbonyl (C=O) groups is 1. The standard InChI is InChI=1S/C12H13N3O2/c1-15(2)12(16)10-11(17-9-3-4-9)8(7-13)5-6-14-10/h5-6,9H,3-4H2,1-2H3. The lowest BCUT2D eigenvalue weighted by Gasteiger charge is -2.14. The van der Waals surface area contributed by atoms with Gasteiger partial charge in [-0.15, -0.1) is 0 Å². The van der Waals surface area contributed by atoms with E-state index in [4.69, 9.17) is 10.00 Å². The summed E-state index contributed by atoms with van der Waals surface area (Å²) in [6.07, 6.45) is 3.51. The summed E-state index contributed by atoms with van der Waals surface area (Å²) < 4.78 is 5.62. The van der Waals surface area contributed by atoms with Crippen molar-refractivity contribution in [3.05, 3.63) is 23.5 Å². The number of hydrogen-bond donors (Lipinski definition) is 0. The smallest absolute Gasteiger partial charge is 0.275 e. The summed E-state index contributed by atoms with van der Waals surface area (Å²) in [5.74, 6) is 0.0638. The zero-order chi connectivity index (χ0) is 12.4. The summed E-state index contributed by atoms with van der Waals surface area (Å²) in [4.78, 5) is 17.4. The second-order valence-corrected chi connectivity index (χ2v) is 4.16. The molecule has 5 nitrogen and oxygen atoms in total. The predicted octanol–water partition coefficient (Wildman–Crippen LogP) is 1.20. The van der Waals surface area contributed by atoms with Crippen molar-refractivity contribution in [2.45, 2.75) is 18.9 Å². The van der Waals surface area contributed by atoms with E-state index >= 15 is 0 Å². The first-order valence-electron chi connectivity index (χ1n) is 5.41. The molecule has 0 bridgehead atoms. The van der Waals surface area contributed by atoms with Crippen LogP contribution >= 0.6 is 0 Å². The van der Waals surface area contributed by atoms with Crippen LogP contribution in [0.5, 0.6) is 5.75 Å². The van der Waals surface area contributed by atoms with Crippen LogP contribution in [-0.2, 0) is 0 Å². The Labute approximate surface area is 99.6 Å².